The summed E-state index contributed by atoms with van der Waals surface area (Å²) in [7, 11) is 0. The minimum absolute atomic E-state index is 0.223. The van der Waals surface area contributed by atoms with E-state index in [1.165, 1.54) is 25.7 Å². The maximum absolute atomic E-state index is 10.4. The molecule has 1 aromatic carbocycles. The molecule has 0 saturated heterocycles. The molecule has 1 aromatic rings. The van der Waals surface area contributed by atoms with Gasteiger partial charge in [0.25, 0.3) is 0 Å². The number of benzene rings is 1. The second kappa shape index (κ2) is 5.15. The number of fused-ring (bicyclic) bond motifs is 2. The quantitative estimate of drug-likeness (QED) is 0.869. The van der Waals surface area contributed by atoms with Gasteiger partial charge in [-0.3, -0.25) is 0 Å². The molecule has 2 saturated carbocycles. The molecule has 0 amide bonds. The number of halogens is 2. The third-order valence-electron chi connectivity index (χ3n) is 4.73. The van der Waals surface area contributed by atoms with Crippen LogP contribution in [-0.4, -0.2) is 11.2 Å². The minimum atomic E-state index is -0.223. The van der Waals surface area contributed by atoms with Crippen LogP contribution in [0.15, 0.2) is 22.7 Å². The van der Waals surface area contributed by atoms with E-state index in [2.05, 4.69) is 15.9 Å². The Bertz CT molecular complexity index is 448. The Morgan fingerprint density at radius 1 is 1.33 bits per heavy atom. The number of hydrogen-bond acceptors (Lipinski definition) is 1. The van der Waals surface area contributed by atoms with Crippen molar-refractivity contribution in [3.8, 4) is 0 Å². The van der Waals surface area contributed by atoms with E-state index in [4.69, 9.17) is 11.6 Å². The molecule has 98 valence electrons. The summed E-state index contributed by atoms with van der Waals surface area (Å²) in [5.41, 5.74) is 1.06. The Balaban J connectivity index is 1.69. The van der Waals surface area contributed by atoms with Crippen LogP contribution in [0.4, 0.5) is 0 Å². The van der Waals surface area contributed by atoms with Crippen molar-refractivity contribution in [1.29, 1.82) is 0 Å². The normalized spacial score (nSPS) is 31.8. The molecule has 4 unspecified atom stereocenters. The summed E-state index contributed by atoms with van der Waals surface area (Å²) >= 11 is 9.63. The maximum atomic E-state index is 10.4. The Hall–Kier alpha value is -0.0500. The second-order valence-electron chi connectivity index (χ2n) is 5.85. The van der Waals surface area contributed by atoms with Crippen LogP contribution in [0.2, 0.25) is 5.02 Å². The lowest BCUT2D eigenvalue weighted by Crippen LogP contribution is -2.27. The van der Waals surface area contributed by atoms with Crippen LogP contribution in [0, 0.1) is 17.8 Å². The summed E-state index contributed by atoms with van der Waals surface area (Å²) in [5.74, 6) is 2.15. The van der Waals surface area contributed by atoms with E-state index in [1.54, 1.807) is 0 Å². The Labute approximate surface area is 122 Å². The number of aliphatic hydroxyl groups is 1. The van der Waals surface area contributed by atoms with E-state index in [0.717, 1.165) is 26.9 Å². The second-order valence-corrected chi connectivity index (χ2v) is 7.17. The smallest absolute Gasteiger partial charge is 0.0611 e. The molecule has 0 radical (unpaired) electrons. The Morgan fingerprint density at radius 2 is 2.17 bits per heavy atom. The fourth-order valence-electron chi connectivity index (χ4n) is 3.83. The molecule has 2 aliphatic rings. The molecule has 2 bridgehead atoms. The van der Waals surface area contributed by atoms with Crippen molar-refractivity contribution in [2.45, 2.75) is 38.2 Å². The molecule has 1 nitrogen and oxygen atoms in total. The molecule has 0 heterocycles. The van der Waals surface area contributed by atoms with Crippen molar-refractivity contribution < 1.29 is 5.11 Å². The molecule has 2 aliphatic carbocycles. The molecular formula is C15H18BrClO. The van der Waals surface area contributed by atoms with E-state index in [1.807, 2.05) is 18.2 Å². The van der Waals surface area contributed by atoms with Crippen molar-refractivity contribution in [2.24, 2.45) is 17.8 Å². The van der Waals surface area contributed by atoms with Gasteiger partial charge in [0.15, 0.2) is 0 Å². The summed E-state index contributed by atoms with van der Waals surface area (Å²) in [6, 6.07) is 5.92. The number of aliphatic hydroxyl groups excluding tert-OH is 1. The van der Waals surface area contributed by atoms with Gasteiger partial charge in [-0.05, 0) is 54.7 Å². The summed E-state index contributed by atoms with van der Waals surface area (Å²) < 4.78 is 0.991. The molecule has 18 heavy (non-hydrogen) atoms. The lowest BCUT2D eigenvalue weighted by molar-refractivity contribution is 0.0751. The SMILES string of the molecule is OC(Cc1ccc(Br)cc1Cl)C1CC2CCC1C2. The van der Waals surface area contributed by atoms with Gasteiger partial charge in [-0.2, -0.15) is 0 Å². The van der Waals surface area contributed by atoms with Crippen molar-refractivity contribution in [1.82, 2.24) is 0 Å². The zero-order valence-electron chi connectivity index (χ0n) is 10.3. The topological polar surface area (TPSA) is 20.2 Å². The third-order valence-corrected chi connectivity index (χ3v) is 5.58. The van der Waals surface area contributed by atoms with E-state index in [9.17, 15) is 5.11 Å². The highest BCUT2D eigenvalue weighted by atomic mass is 79.9. The van der Waals surface area contributed by atoms with Crippen LogP contribution in [0.1, 0.15) is 31.2 Å². The summed E-state index contributed by atoms with van der Waals surface area (Å²) in [5, 5.41) is 11.2. The highest BCUT2D eigenvalue weighted by Crippen LogP contribution is 2.50. The first-order valence-electron chi connectivity index (χ1n) is 6.75. The Kier molecular flexibility index (Phi) is 3.70. The van der Waals surface area contributed by atoms with Gasteiger partial charge in [0.05, 0.1) is 6.10 Å². The van der Waals surface area contributed by atoms with Crippen LogP contribution in [0.25, 0.3) is 0 Å². The van der Waals surface area contributed by atoms with Crippen molar-refractivity contribution in [3.63, 3.8) is 0 Å². The summed E-state index contributed by atoms with van der Waals surface area (Å²) in [6.07, 6.45) is 5.74. The maximum Gasteiger partial charge on any atom is 0.0611 e. The molecule has 0 spiro atoms. The van der Waals surface area contributed by atoms with Gasteiger partial charge in [-0.15, -0.1) is 0 Å². The van der Waals surface area contributed by atoms with E-state index in [-0.39, 0.29) is 6.10 Å². The van der Waals surface area contributed by atoms with Crippen LogP contribution < -0.4 is 0 Å². The number of rotatable bonds is 3. The fourth-order valence-corrected chi connectivity index (χ4v) is 4.58. The minimum Gasteiger partial charge on any atom is -0.392 e. The molecule has 3 rings (SSSR count). The average molecular weight is 330 g/mol. The van der Waals surface area contributed by atoms with Crippen molar-refractivity contribution in [3.05, 3.63) is 33.3 Å². The highest BCUT2D eigenvalue weighted by Gasteiger charge is 2.42. The zero-order chi connectivity index (χ0) is 12.7. The average Bonchev–Trinajstić information content (AvgIpc) is 2.94. The predicted octanol–water partition coefficient (Wildman–Crippen LogP) is 4.44. The van der Waals surface area contributed by atoms with Crippen LogP contribution in [0.5, 0.6) is 0 Å². The lowest BCUT2D eigenvalue weighted by atomic mass is 9.82. The lowest BCUT2D eigenvalue weighted by Gasteiger charge is -2.27. The number of hydrogen-bond donors (Lipinski definition) is 1. The first-order valence-corrected chi connectivity index (χ1v) is 7.92. The van der Waals surface area contributed by atoms with Gasteiger partial charge in [0.2, 0.25) is 0 Å². The zero-order valence-corrected chi connectivity index (χ0v) is 12.6. The fraction of sp³-hybridized carbons (Fsp3) is 0.600. The third kappa shape index (κ3) is 2.48. The standard InChI is InChI=1S/C15H18BrClO/c16-12-4-3-11(14(17)8-12)7-15(18)13-6-9-1-2-10(13)5-9/h3-4,8-10,13,15,18H,1-2,5-7H2. The summed E-state index contributed by atoms with van der Waals surface area (Å²) in [6.45, 7) is 0. The first-order chi connectivity index (χ1) is 8.63. The first kappa shape index (κ1) is 13.0. The van der Waals surface area contributed by atoms with Gasteiger partial charge in [0, 0.05) is 15.9 Å². The van der Waals surface area contributed by atoms with Gasteiger partial charge in [-0.25, -0.2) is 0 Å². The monoisotopic (exact) mass is 328 g/mol. The largest absolute Gasteiger partial charge is 0.392 e. The Morgan fingerprint density at radius 3 is 2.78 bits per heavy atom. The van der Waals surface area contributed by atoms with Crippen LogP contribution >= 0.6 is 27.5 Å². The molecule has 0 aliphatic heterocycles. The molecular weight excluding hydrogens is 312 g/mol. The van der Waals surface area contributed by atoms with Crippen molar-refractivity contribution in [2.75, 3.05) is 0 Å². The predicted molar refractivity (Wildman–Crippen MR) is 77.8 cm³/mol. The summed E-state index contributed by atoms with van der Waals surface area (Å²) in [4.78, 5) is 0. The van der Waals surface area contributed by atoms with Gasteiger partial charge < -0.3 is 5.11 Å². The van der Waals surface area contributed by atoms with E-state index < -0.39 is 0 Å². The molecule has 1 N–H and O–H groups in total. The van der Waals surface area contributed by atoms with E-state index >= 15 is 0 Å². The van der Waals surface area contributed by atoms with E-state index in [0.29, 0.717) is 12.3 Å². The van der Waals surface area contributed by atoms with Crippen LogP contribution in [0.3, 0.4) is 0 Å². The van der Waals surface area contributed by atoms with Crippen LogP contribution in [-0.2, 0) is 6.42 Å². The molecule has 3 heteroatoms. The molecule has 2 fully saturated rings. The molecule has 4 atom stereocenters. The van der Waals surface area contributed by atoms with Gasteiger partial charge in [-0.1, -0.05) is 40.0 Å². The highest BCUT2D eigenvalue weighted by molar-refractivity contribution is 9.10. The molecule has 0 aromatic heterocycles. The van der Waals surface area contributed by atoms with Gasteiger partial charge >= 0.3 is 0 Å². The van der Waals surface area contributed by atoms with Gasteiger partial charge in [0.1, 0.15) is 0 Å². The van der Waals surface area contributed by atoms with Crippen molar-refractivity contribution >= 4 is 27.5 Å².